The number of likely N-dealkylation sites (N-methyl/N-ethyl adjacent to an activating group) is 1. The third kappa shape index (κ3) is 3.58. The highest BCUT2D eigenvalue weighted by atomic mass is 16.5. The quantitative estimate of drug-likeness (QED) is 0.831. The van der Waals surface area contributed by atoms with Gasteiger partial charge in [0.05, 0.1) is 19.2 Å². The van der Waals surface area contributed by atoms with Crippen molar-refractivity contribution in [3.05, 3.63) is 24.0 Å². The van der Waals surface area contributed by atoms with Gasteiger partial charge in [0.25, 0.3) is 0 Å². The van der Waals surface area contributed by atoms with E-state index >= 15 is 0 Å². The third-order valence-electron chi connectivity index (χ3n) is 4.78. The van der Waals surface area contributed by atoms with Crippen LogP contribution in [0.2, 0.25) is 0 Å². The third-order valence-corrected chi connectivity index (χ3v) is 4.78. The molecular formula is C17H25N3O3. The topological polar surface area (TPSA) is 54.8 Å². The van der Waals surface area contributed by atoms with Crippen molar-refractivity contribution in [1.82, 2.24) is 14.4 Å². The Hall–Kier alpha value is -1.82. The van der Waals surface area contributed by atoms with Gasteiger partial charge in [-0.2, -0.15) is 0 Å². The molecule has 1 aliphatic carbocycles. The largest absolute Gasteiger partial charge is 0.365 e. The van der Waals surface area contributed by atoms with Gasteiger partial charge < -0.3 is 19.1 Å². The highest BCUT2D eigenvalue weighted by molar-refractivity contribution is 5.81. The normalized spacial score (nSPS) is 26.4. The molecule has 1 fully saturated rings. The molecule has 2 heterocycles. The van der Waals surface area contributed by atoms with E-state index < -0.39 is 0 Å². The van der Waals surface area contributed by atoms with Crippen molar-refractivity contribution in [3.63, 3.8) is 0 Å². The lowest BCUT2D eigenvalue weighted by molar-refractivity contribution is -0.139. The molecule has 0 N–H and O–H groups in total. The van der Waals surface area contributed by atoms with Crippen LogP contribution in [0.25, 0.3) is 0 Å². The molecule has 3 atom stereocenters. The maximum Gasteiger partial charge on any atom is 0.248 e. The van der Waals surface area contributed by atoms with E-state index in [0.717, 1.165) is 12.1 Å². The van der Waals surface area contributed by atoms with E-state index in [4.69, 9.17) is 4.74 Å². The van der Waals surface area contributed by atoms with E-state index in [0.29, 0.717) is 25.6 Å². The van der Waals surface area contributed by atoms with Crippen molar-refractivity contribution in [2.45, 2.75) is 32.5 Å². The number of carbonyl (C=O) groups is 2. The molecule has 6 nitrogen and oxygen atoms in total. The average Bonchev–Trinajstić information content (AvgIpc) is 3.14. The monoisotopic (exact) mass is 319 g/mol. The summed E-state index contributed by atoms with van der Waals surface area (Å²) in [7, 11) is 3.43. The standard InChI is InChI=1S/C17H25N3O3/c1-12-7-15(12)17(22)20-8-13-5-4-6-19(13)9-14(10-20)23-11-16(21)18(2)3/h4-6,12,14-15H,7-11H2,1-3H3/t12-,14-,15+/m1/s1. The molecule has 0 saturated heterocycles. The smallest absolute Gasteiger partial charge is 0.248 e. The second-order valence-corrected chi connectivity index (χ2v) is 6.91. The molecule has 1 saturated carbocycles. The van der Waals surface area contributed by atoms with E-state index in [1.54, 1.807) is 14.1 Å². The van der Waals surface area contributed by atoms with Gasteiger partial charge in [-0.05, 0) is 24.5 Å². The molecule has 3 rings (SSSR count). The molecule has 0 radical (unpaired) electrons. The number of ether oxygens (including phenoxy) is 1. The van der Waals surface area contributed by atoms with Crippen LogP contribution in [0.1, 0.15) is 19.0 Å². The van der Waals surface area contributed by atoms with Gasteiger partial charge in [0.1, 0.15) is 6.61 Å². The van der Waals surface area contributed by atoms with E-state index in [9.17, 15) is 9.59 Å². The van der Waals surface area contributed by atoms with Crippen LogP contribution in [-0.2, 0) is 27.4 Å². The average molecular weight is 319 g/mol. The van der Waals surface area contributed by atoms with Crippen molar-refractivity contribution in [2.24, 2.45) is 11.8 Å². The van der Waals surface area contributed by atoms with E-state index in [-0.39, 0.29) is 30.4 Å². The van der Waals surface area contributed by atoms with Gasteiger partial charge in [-0.15, -0.1) is 0 Å². The molecule has 1 aliphatic heterocycles. The van der Waals surface area contributed by atoms with Crippen molar-refractivity contribution in [2.75, 3.05) is 27.2 Å². The van der Waals surface area contributed by atoms with Crippen LogP contribution in [0.5, 0.6) is 0 Å². The number of fused-ring (bicyclic) bond motifs is 1. The maximum absolute atomic E-state index is 12.6. The molecule has 2 aliphatic rings. The first-order valence-electron chi connectivity index (χ1n) is 8.20. The summed E-state index contributed by atoms with van der Waals surface area (Å²) in [5.41, 5.74) is 1.12. The summed E-state index contributed by atoms with van der Waals surface area (Å²) < 4.78 is 7.93. The summed E-state index contributed by atoms with van der Waals surface area (Å²) in [6.07, 6.45) is 2.83. The summed E-state index contributed by atoms with van der Waals surface area (Å²) in [4.78, 5) is 27.8. The first-order valence-corrected chi connectivity index (χ1v) is 8.20. The fourth-order valence-corrected chi connectivity index (χ4v) is 3.05. The molecule has 0 aromatic carbocycles. The molecule has 0 unspecified atom stereocenters. The minimum atomic E-state index is -0.162. The van der Waals surface area contributed by atoms with Gasteiger partial charge in [-0.3, -0.25) is 9.59 Å². The van der Waals surface area contributed by atoms with Gasteiger partial charge in [0.2, 0.25) is 11.8 Å². The Morgan fingerprint density at radius 1 is 1.35 bits per heavy atom. The molecular weight excluding hydrogens is 294 g/mol. The zero-order valence-corrected chi connectivity index (χ0v) is 14.1. The van der Waals surface area contributed by atoms with Gasteiger partial charge in [0.15, 0.2) is 0 Å². The van der Waals surface area contributed by atoms with Gasteiger partial charge in [0, 0.05) is 38.4 Å². The number of hydrogen-bond donors (Lipinski definition) is 0. The van der Waals surface area contributed by atoms with E-state index in [1.807, 2.05) is 23.2 Å². The number of carbonyl (C=O) groups excluding carboxylic acids is 2. The minimum Gasteiger partial charge on any atom is -0.365 e. The number of nitrogens with zero attached hydrogens (tertiary/aromatic N) is 3. The summed E-state index contributed by atoms with van der Waals surface area (Å²) in [5, 5.41) is 0. The van der Waals surface area contributed by atoms with Gasteiger partial charge in [-0.1, -0.05) is 6.92 Å². The van der Waals surface area contributed by atoms with Gasteiger partial charge >= 0.3 is 0 Å². The molecule has 0 spiro atoms. The van der Waals surface area contributed by atoms with Crippen LogP contribution in [-0.4, -0.2) is 59.5 Å². The highest BCUT2D eigenvalue weighted by Gasteiger charge is 2.42. The fraction of sp³-hybridized carbons (Fsp3) is 0.647. The zero-order valence-electron chi connectivity index (χ0n) is 14.1. The van der Waals surface area contributed by atoms with Crippen molar-refractivity contribution in [1.29, 1.82) is 0 Å². The summed E-state index contributed by atoms with van der Waals surface area (Å²) in [6, 6.07) is 4.04. The lowest BCUT2D eigenvalue weighted by Crippen LogP contribution is -2.39. The van der Waals surface area contributed by atoms with E-state index in [2.05, 4.69) is 11.5 Å². The lowest BCUT2D eigenvalue weighted by atomic mass is 10.2. The Morgan fingerprint density at radius 3 is 2.74 bits per heavy atom. The summed E-state index contributed by atoms with van der Waals surface area (Å²) in [5.74, 6) is 0.822. The highest BCUT2D eigenvalue weighted by Crippen LogP contribution is 2.39. The van der Waals surface area contributed by atoms with Crippen LogP contribution >= 0.6 is 0 Å². The Bertz CT molecular complexity index is 596. The molecule has 1 aromatic heterocycles. The molecule has 1 aromatic rings. The number of aromatic nitrogens is 1. The van der Waals surface area contributed by atoms with E-state index in [1.165, 1.54) is 4.90 Å². The van der Waals surface area contributed by atoms with Crippen molar-refractivity contribution < 1.29 is 14.3 Å². The van der Waals surface area contributed by atoms with Gasteiger partial charge in [-0.25, -0.2) is 0 Å². The second-order valence-electron chi connectivity index (χ2n) is 6.91. The van der Waals surface area contributed by atoms with Crippen molar-refractivity contribution >= 4 is 11.8 Å². The molecule has 0 bridgehead atoms. The van der Waals surface area contributed by atoms with Crippen LogP contribution in [0, 0.1) is 11.8 Å². The summed E-state index contributed by atoms with van der Waals surface area (Å²) in [6.45, 7) is 4.01. The first-order chi connectivity index (χ1) is 11.0. The van der Waals surface area contributed by atoms with Crippen LogP contribution in [0.3, 0.4) is 0 Å². The minimum absolute atomic E-state index is 0.0517. The Kier molecular flexibility index (Phi) is 4.43. The Morgan fingerprint density at radius 2 is 2.09 bits per heavy atom. The predicted octanol–water partition coefficient (Wildman–Crippen LogP) is 0.960. The number of amides is 2. The van der Waals surface area contributed by atoms with Crippen LogP contribution in [0.15, 0.2) is 18.3 Å². The Balaban J connectivity index is 1.70. The zero-order chi connectivity index (χ0) is 16.6. The van der Waals surface area contributed by atoms with Crippen LogP contribution in [0.4, 0.5) is 0 Å². The van der Waals surface area contributed by atoms with Crippen molar-refractivity contribution in [3.8, 4) is 0 Å². The number of hydrogen-bond acceptors (Lipinski definition) is 3. The lowest BCUT2D eigenvalue weighted by Gasteiger charge is -2.25. The molecule has 6 heteroatoms. The first kappa shape index (κ1) is 16.1. The molecule has 2 amide bonds. The second kappa shape index (κ2) is 6.35. The Labute approximate surface area is 137 Å². The summed E-state index contributed by atoms with van der Waals surface area (Å²) >= 11 is 0. The predicted molar refractivity (Wildman–Crippen MR) is 85.6 cm³/mol. The number of rotatable bonds is 4. The maximum atomic E-state index is 12.6. The SMILES string of the molecule is C[C@@H]1C[C@@H]1C(=O)N1Cc2cccn2C[C@@H](OCC(=O)N(C)C)C1. The van der Waals surface area contributed by atoms with Crippen LogP contribution < -0.4 is 0 Å². The molecule has 126 valence electrons. The fourth-order valence-electron chi connectivity index (χ4n) is 3.05. The molecule has 23 heavy (non-hydrogen) atoms.